The van der Waals surface area contributed by atoms with E-state index in [0.717, 1.165) is 0 Å². The zero-order valence-corrected chi connectivity index (χ0v) is 8.40. The minimum absolute atomic E-state index is 0.473. The third-order valence-corrected chi connectivity index (χ3v) is 2.19. The lowest BCUT2D eigenvalue weighted by Gasteiger charge is -2.02. The molecular formula is C8H14N4S. The Morgan fingerprint density at radius 1 is 1.69 bits per heavy atom. The van der Waals surface area contributed by atoms with E-state index in [1.807, 2.05) is 18.5 Å². The fourth-order valence-electron chi connectivity index (χ4n) is 0.794. The van der Waals surface area contributed by atoms with Crippen LogP contribution in [0.2, 0.25) is 0 Å². The van der Waals surface area contributed by atoms with Gasteiger partial charge in [-0.1, -0.05) is 0 Å². The molecule has 0 aliphatic rings. The van der Waals surface area contributed by atoms with Crippen molar-refractivity contribution in [2.24, 2.45) is 10.7 Å². The molecular weight excluding hydrogens is 184 g/mol. The Labute approximate surface area is 81.9 Å². The summed E-state index contributed by atoms with van der Waals surface area (Å²) in [6, 6.07) is 2.04. The molecule has 1 rings (SSSR count). The van der Waals surface area contributed by atoms with Crippen molar-refractivity contribution in [1.82, 2.24) is 10.6 Å². The van der Waals surface area contributed by atoms with Gasteiger partial charge in [-0.2, -0.15) is 11.3 Å². The lowest BCUT2D eigenvalue weighted by molar-refractivity contribution is 0.753. The third-order valence-electron chi connectivity index (χ3n) is 1.46. The predicted molar refractivity (Wildman–Crippen MR) is 56.7 cm³/mol. The predicted octanol–water partition coefficient (Wildman–Crippen LogP) is 0.329. The van der Waals surface area contributed by atoms with Crippen LogP contribution in [0, 0.1) is 0 Å². The molecule has 0 radical (unpaired) electrons. The maximum absolute atomic E-state index is 5.58. The summed E-state index contributed by atoms with van der Waals surface area (Å²) in [6.07, 6.45) is 0. The number of nitrogens with zero attached hydrogens (tertiary/aromatic N) is 1. The molecule has 0 aromatic carbocycles. The van der Waals surface area contributed by atoms with Crippen LogP contribution in [0.5, 0.6) is 0 Å². The summed E-state index contributed by atoms with van der Waals surface area (Å²) < 4.78 is 0. The van der Waals surface area contributed by atoms with Gasteiger partial charge in [-0.3, -0.25) is 0 Å². The Morgan fingerprint density at radius 2 is 2.54 bits per heavy atom. The Kier molecular flexibility index (Phi) is 4.28. The van der Waals surface area contributed by atoms with Gasteiger partial charge in [0.15, 0.2) is 5.96 Å². The monoisotopic (exact) mass is 198 g/mol. The largest absolute Gasteiger partial charge is 0.370 e. The van der Waals surface area contributed by atoms with E-state index < -0.39 is 0 Å². The molecule has 0 bridgehead atoms. The van der Waals surface area contributed by atoms with Crippen molar-refractivity contribution in [2.75, 3.05) is 13.7 Å². The molecule has 4 N–H and O–H groups in total. The zero-order chi connectivity index (χ0) is 9.52. The third kappa shape index (κ3) is 3.91. The SMILES string of the molecule is CNCNC(N)=NCc1ccsc1. The number of guanidine groups is 1. The van der Waals surface area contributed by atoms with Crippen molar-refractivity contribution in [3.05, 3.63) is 22.4 Å². The van der Waals surface area contributed by atoms with E-state index in [1.165, 1.54) is 5.56 Å². The first-order valence-electron chi connectivity index (χ1n) is 4.02. The van der Waals surface area contributed by atoms with Gasteiger partial charge < -0.3 is 16.4 Å². The molecule has 1 aromatic rings. The fourth-order valence-corrected chi connectivity index (χ4v) is 1.45. The zero-order valence-electron chi connectivity index (χ0n) is 7.58. The fraction of sp³-hybridized carbons (Fsp3) is 0.375. The number of thiophene rings is 1. The molecule has 13 heavy (non-hydrogen) atoms. The number of hydrogen-bond donors (Lipinski definition) is 3. The van der Waals surface area contributed by atoms with Crippen LogP contribution in [0.4, 0.5) is 0 Å². The molecule has 0 atom stereocenters. The van der Waals surface area contributed by atoms with Gasteiger partial charge in [0.25, 0.3) is 0 Å². The Hall–Kier alpha value is -1.07. The second-order valence-corrected chi connectivity index (χ2v) is 3.32. The Bertz CT molecular complexity index is 255. The van der Waals surface area contributed by atoms with Crippen LogP contribution in [-0.4, -0.2) is 19.7 Å². The maximum Gasteiger partial charge on any atom is 0.189 e. The van der Waals surface area contributed by atoms with Crippen LogP contribution in [0.15, 0.2) is 21.8 Å². The second kappa shape index (κ2) is 5.55. The molecule has 1 aromatic heterocycles. The highest BCUT2D eigenvalue weighted by atomic mass is 32.1. The van der Waals surface area contributed by atoms with Crippen LogP contribution in [0.1, 0.15) is 5.56 Å². The maximum atomic E-state index is 5.58. The normalized spacial score (nSPS) is 11.6. The van der Waals surface area contributed by atoms with Crippen molar-refractivity contribution < 1.29 is 0 Å². The summed E-state index contributed by atoms with van der Waals surface area (Å²) in [5, 5.41) is 9.93. The summed E-state index contributed by atoms with van der Waals surface area (Å²) >= 11 is 1.67. The molecule has 0 saturated heterocycles. The van der Waals surface area contributed by atoms with Gasteiger partial charge in [0, 0.05) is 0 Å². The van der Waals surface area contributed by atoms with E-state index in [-0.39, 0.29) is 0 Å². The van der Waals surface area contributed by atoms with Gasteiger partial charge >= 0.3 is 0 Å². The first-order chi connectivity index (χ1) is 6.33. The average molecular weight is 198 g/mol. The first-order valence-corrected chi connectivity index (χ1v) is 4.96. The second-order valence-electron chi connectivity index (χ2n) is 2.54. The highest BCUT2D eigenvalue weighted by Gasteiger charge is 1.91. The quantitative estimate of drug-likeness (QED) is 0.371. The standard InChI is InChI=1S/C8H14N4S/c1-10-6-12-8(9)11-4-7-2-3-13-5-7/h2-3,5,10H,4,6H2,1H3,(H3,9,11,12). The van der Waals surface area contributed by atoms with E-state index in [9.17, 15) is 0 Å². The number of hydrogen-bond acceptors (Lipinski definition) is 3. The van der Waals surface area contributed by atoms with Gasteiger partial charge in [0.05, 0.1) is 13.2 Å². The van der Waals surface area contributed by atoms with Gasteiger partial charge in [-0.25, -0.2) is 4.99 Å². The van der Waals surface area contributed by atoms with E-state index in [4.69, 9.17) is 5.73 Å². The van der Waals surface area contributed by atoms with Crippen LogP contribution in [0.25, 0.3) is 0 Å². The summed E-state index contributed by atoms with van der Waals surface area (Å²) in [4.78, 5) is 4.15. The van der Waals surface area contributed by atoms with E-state index in [0.29, 0.717) is 19.2 Å². The molecule has 72 valence electrons. The lowest BCUT2D eigenvalue weighted by Crippen LogP contribution is -2.37. The van der Waals surface area contributed by atoms with Crippen molar-refractivity contribution >= 4 is 17.3 Å². The molecule has 0 spiro atoms. The molecule has 0 fully saturated rings. The average Bonchev–Trinajstić information content (AvgIpc) is 2.64. The summed E-state index contributed by atoms with van der Waals surface area (Å²) in [5.41, 5.74) is 6.77. The van der Waals surface area contributed by atoms with Crippen molar-refractivity contribution in [2.45, 2.75) is 6.54 Å². The molecule has 0 aliphatic carbocycles. The number of nitrogens with two attached hydrogens (primary N) is 1. The lowest BCUT2D eigenvalue weighted by atomic mass is 10.3. The smallest absolute Gasteiger partial charge is 0.189 e. The first kappa shape index (κ1) is 10.0. The van der Waals surface area contributed by atoms with Crippen molar-refractivity contribution in [3.8, 4) is 0 Å². The Balaban J connectivity index is 2.30. The minimum atomic E-state index is 0.473. The molecule has 5 heteroatoms. The van der Waals surface area contributed by atoms with Crippen LogP contribution in [0.3, 0.4) is 0 Å². The molecule has 1 heterocycles. The molecule has 0 saturated carbocycles. The van der Waals surface area contributed by atoms with Gasteiger partial charge in [-0.05, 0) is 29.4 Å². The number of rotatable bonds is 4. The van der Waals surface area contributed by atoms with E-state index >= 15 is 0 Å². The summed E-state index contributed by atoms with van der Waals surface area (Å²) in [6.45, 7) is 1.28. The number of aliphatic imine (C=N–C) groups is 1. The molecule has 0 unspecified atom stereocenters. The molecule has 4 nitrogen and oxygen atoms in total. The van der Waals surface area contributed by atoms with Crippen LogP contribution in [-0.2, 0) is 6.54 Å². The van der Waals surface area contributed by atoms with Crippen molar-refractivity contribution in [3.63, 3.8) is 0 Å². The summed E-state index contributed by atoms with van der Waals surface area (Å²) in [5.74, 6) is 0.473. The Morgan fingerprint density at radius 3 is 3.15 bits per heavy atom. The van der Waals surface area contributed by atoms with Gasteiger partial charge in [-0.15, -0.1) is 0 Å². The van der Waals surface area contributed by atoms with Crippen LogP contribution < -0.4 is 16.4 Å². The topological polar surface area (TPSA) is 62.4 Å². The van der Waals surface area contributed by atoms with Crippen LogP contribution >= 0.6 is 11.3 Å². The van der Waals surface area contributed by atoms with Gasteiger partial charge in [0.1, 0.15) is 0 Å². The minimum Gasteiger partial charge on any atom is -0.370 e. The number of nitrogens with one attached hydrogen (secondary N) is 2. The highest BCUT2D eigenvalue weighted by molar-refractivity contribution is 7.07. The van der Waals surface area contributed by atoms with Crippen molar-refractivity contribution in [1.29, 1.82) is 0 Å². The van der Waals surface area contributed by atoms with Gasteiger partial charge in [0.2, 0.25) is 0 Å². The highest BCUT2D eigenvalue weighted by Crippen LogP contribution is 2.06. The summed E-state index contributed by atoms with van der Waals surface area (Å²) in [7, 11) is 1.85. The molecule has 0 aliphatic heterocycles. The van der Waals surface area contributed by atoms with E-state index in [2.05, 4.69) is 21.0 Å². The van der Waals surface area contributed by atoms with E-state index in [1.54, 1.807) is 11.3 Å². The molecule has 0 amide bonds.